The number of halogens is 10. The molecule has 0 radical (unpaired) electrons. The van der Waals surface area contributed by atoms with Crippen LogP contribution < -0.4 is 10.6 Å². The lowest BCUT2D eigenvalue weighted by molar-refractivity contribution is -0.348. The van der Waals surface area contributed by atoms with Crippen LogP contribution in [0.4, 0.5) is 36.4 Å². The van der Waals surface area contributed by atoms with Crippen molar-refractivity contribution in [2.45, 2.75) is 31.5 Å². The van der Waals surface area contributed by atoms with Gasteiger partial charge >= 0.3 is 18.0 Å². The van der Waals surface area contributed by atoms with E-state index in [-0.39, 0.29) is 23.4 Å². The summed E-state index contributed by atoms with van der Waals surface area (Å²) in [4.78, 5) is 0.525. The van der Waals surface area contributed by atoms with Gasteiger partial charge in [0, 0.05) is 35.1 Å². The zero-order chi connectivity index (χ0) is 26.8. The second-order valence-corrected chi connectivity index (χ2v) is 8.91. The molecule has 0 aromatic heterocycles. The van der Waals surface area contributed by atoms with Gasteiger partial charge in [-0.2, -0.15) is 26.3 Å². The summed E-state index contributed by atoms with van der Waals surface area (Å²) >= 11 is 22.8. The number of hydrogen-bond donors (Lipinski definition) is 3. The van der Waals surface area contributed by atoms with Crippen LogP contribution in [0.25, 0.3) is 5.57 Å². The standard InChI is InChI=1S/C21H15Cl3F7N3S/c1-10(35)33-8-12-4-11(2-3-15(12)22)13(7-32)9-34-18-16(23)5-14(6-17(18)24)19(25,20(26,27)28)21(29,30)31/h2-7,9,32,34H,8H2,1H3,(H,33,35)/b13-9+,32-7?. The number of thiocarbonyl (C=S) groups is 1. The fraction of sp³-hybridized carbons (Fsp3) is 0.238. The van der Waals surface area contributed by atoms with E-state index in [1.54, 1.807) is 25.1 Å². The minimum atomic E-state index is -6.32. The van der Waals surface area contributed by atoms with Crippen molar-refractivity contribution in [3.8, 4) is 0 Å². The summed E-state index contributed by atoms with van der Waals surface area (Å²) in [5.41, 5.74) is -6.45. The minimum Gasteiger partial charge on any atom is -0.376 e. The van der Waals surface area contributed by atoms with Crippen LogP contribution in [-0.2, 0) is 12.2 Å². The Balaban J connectivity index is 2.45. The van der Waals surface area contributed by atoms with Crippen LogP contribution in [0.5, 0.6) is 0 Å². The first-order chi connectivity index (χ1) is 16.0. The van der Waals surface area contributed by atoms with E-state index < -0.39 is 33.6 Å². The van der Waals surface area contributed by atoms with Crippen LogP contribution in [0.2, 0.25) is 15.1 Å². The third-order valence-electron chi connectivity index (χ3n) is 4.66. The number of alkyl halides is 7. The molecule has 0 saturated carbocycles. The maximum atomic E-state index is 14.3. The molecular formula is C21H15Cl3F7N3S. The molecule has 35 heavy (non-hydrogen) atoms. The van der Waals surface area contributed by atoms with E-state index in [2.05, 4.69) is 10.6 Å². The van der Waals surface area contributed by atoms with Crippen LogP contribution in [0.3, 0.4) is 0 Å². The third kappa shape index (κ3) is 6.38. The molecule has 3 nitrogen and oxygen atoms in total. The SMILES string of the molecule is CC(=S)NCc1cc(/C(C=N)=C/Nc2c(Cl)cc(C(F)(C(F)(F)F)C(F)(F)F)cc2Cl)ccc1Cl. The monoisotopic (exact) mass is 579 g/mol. The molecule has 0 bridgehead atoms. The minimum absolute atomic E-state index is 0.189. The van der Waals surface area contributed by atoms with Crippen LogP contribution >= 0.6 is 47.0 Å². The van der Waals surface area contributed by atoms with Crippen molar-refractivity contribution in [3.63, 3.8) is 0 Å². The summed E-state index contributed by atoms with van der Waals surface area (Å²) in [7, 11) is 0. The molecule has 14 heteroatoms. The predicted molar refractivity (Wildman–Crippen MR) is 128 cm³/mol. The molecule has 2 aromatic carbocycles. The fourth-order valence-corrected chi connectivity index (χ4v) is 3.72. The van der Waals surface area contributed by atoms with Gasteiger partial charge in [0.1, 0.15) is 0 Å². The molecule has 0 amide bonds. The zero-order valence-electron chi connectivity index (χ0n) is 17.4. The molecule has 2 aromatic rings. The topological polar surface area (TPSA) is 47.9 Å². The number of nitrogens with one attached hydrogen (secondary N) is 3. The lowest BCUT2D eigenvalue weighted by Gasteiger charge is -2.30. The van der Waals surface area contributed by atoms with E-state index in [0.29, 0.717) is 27.7 Å². The van der Waals surface area contributed by atoms with Gasteiger partial charge in [-0.25, -0.2) is 4.39 Å². The van der Waals surface area contributed by atoms with Crippen molar-refractivity contribution in [2.75, 3.05) is 5.32 Å². The Bertz CT molecular complexity index is 1130. The van der Waals surface area contributed by atoms with Gasteiger partial charge in [0.15, 0.2) is 0 Å². The van der Waals surface area contributed by atoms with Crippen molar-refractivity contribution >= 4 is 69.5 Å². The van der Waals surface area contributed by atoms with Crippen molar-refractivity contribution in [2.24, 2.45) is 0 Å². The smallest absolute Gasteiger partial charge is 0.376 e. The van der Waals surface area contributed by atoms with Gasteiger partial charge in [-0.3, -0.25) is 0 Å². The maximum Gasteiger partial charge on any atom is 0.435 e. The van der Waals surface area contributed by atoms with Crippen LogP contribution in [-0.4, -0.2) is 23.6 Å². The summed E-state index contributed by atoms with van der Waals surface area (Å²) < 4.78 is 92.6. The highest BCUT2D eigenvalue weighted by atomic mass is 35.5. The van der Waals surface area contributed by atoms with Gasteiger partial charge in [-0.05, 0) is 42.3 Å². The fourth-order valence-electron chi connectivity index (χ4n) is 2.87. The first-order valence-corrected chi connectivity index (χ1v) is 10.9. The number of rotatable bonds is 7. The highest BCUT2D eigenvalue weighted by molar-refractivity contribution is 7.80. The van der Waals surface area contributed by atoms with Crippen LogP contribution in [0.1, 0.15) is 23.6 Å². The van der Waals surface area contributed by atoms with Crippen LogP contribution in [0.15, 0.2) is 36.5 Å². The molecule has 0 atom stereocenters. The lowest BCUT2D eigenvalue weighted by atomic mass is 9.94. The molecule has 0 aliphatic carbocycles. The van der Waals surface area contributed by atoms with Gasteiger partial charge < -0.3 is 16.0 Å². The van der Waals surface area contributed by atoms with Gasteiger partial charge in [0.05, 0.1) is 20.7 Å². The Morgan fingerprint density at radius 1 is 0.943 bits per heavy atom. The average molecular weight is 581 g/mol. The zero-order valence-corrected chi connectivity index (χ0v) is 20.5. The maximum absolute atomic E-state index is 14.3. The van der Waals surface area contributed by atoms with E-state index in [4.69, 9.17) is 52.4 Å². The number of allylic oxidation sites excluding steroid dienone is 1. The molecule has 0 spiro atoms. The Morgan fingerprint density at radius 2 is 1.49 bits per heavy atom. The van der Waals surface area contributed by atoms with Gasteiger partial charge in [0.25, 0.3) is 0 Å². The van der Waals surface area contributed by atoms with E-state index in [0.717, 1.165) is 6.21 Å². The van der Waals surface area contributed by atoms with Crippen molar-refractivity contribution in [1.29, 1.82) is 5.41 Å². The third-order valence-corrected chi connectivity index (χ3v) is 5.76. The Hall–Kier alpha value is -2.08. The Kier molecular flexibility index (Phi) is 9.08. The number of hydrogen-bond acceptors (Lipinski definition) is 3. The van der Waals surface area contributed by atoms with E-state index >= 15 is 0 Å². The Labute approximate surface area is 215 Å². The molecule has 0 fully saturated rings. The number of benzene rings is 2. The van der Waals surface area contributed by atoms with Crippen molar-refractivity contribution in [1.82, 2.24) is 5.32 Å². The molecule has 2 rings (SSSR count). The summed E-state index contributed by atoms with van der Waals surface area (Å²) in [5.74, 6) is 0. The predicted octanol–water partition coefficient (Wildman–Crippen LogP) is 8.48. The molecule has 0 saturated heterocycles. The second kappa shape index (κ2) is 10.9. The van der Waals surface area contributed by atoms with E-state index in [1.165, 1.54) is 6.20 Å². The van der Waals surface area contributed by atoms with Gasteiger partial charge in [0.2, 0.25) is 0 Å². The molecule has 0 unspecified atom stereocenters. The molecule has 0 aliphatic heterocycles. The Morgan fingerprint density at radius 3 is 1.94 bits per heavy atom. The summed E-state index contributed by atoms with van der Waals surface area (Å²) in [6.07, 6.45) is -10.5. The quantitative estimate of drug-likeness (QED) is 0.175. The van der Waals surface area contributed by atoms with E-state index in [9.17, 15) is 30.7 Å². The highest BCUT2D eigenvalue weighted by Crippen LogP contribution is 2.54. The summed E-state index contributed by atoms with van der Waals surface area (Å²) in [5, 5.41) is 12.1. The lowest BCUT2D eigenvalue weighted by Crippen LogP contribution is -2.50. The molecular weight excluding hydrogens is 566 g/mol. The van der Waals surface area contributed by atoms with Gasteiger partial charge in [-0.15, -0.1) is 0 Å². The summed E-state index contributed by atoms with van der Waals surface area (Å²) in [6.45, 7) is 1.97. The molecule has 0 aliphatic rings. The molecule has 3 N–H and O–H groups in total. The largest absolute Gasteiger partial charge is 0.435 e. The highest BCUT2D eigenvalue weighted by Gasteiger charge is 2.73. The first kappa shape index (κ1) is 29.2. The molecule has 190 valence electrons. The second-order valence-electron chi connectivity index (χ2n) is 7.07. The van der Waals surface area contributed by atoms with E-state index in [1.807, 2.05) is 0 Å². The number of anilines is 1. The summed E-state index contributed by atoms with van der Waals surface area (Å²) in [6, 6.07) is 5.16. The van der Waals surface area contributed by atoms with Crippen LogP contribution in [0, 0.1) is 5.41 Å². The normalized spacial score (nSPS) is 12.9. The van der Waals surface area contributed by atoms with Crippen molar-refractivity contribution < 1.29 is 30.7 Å². The van der Waals surface area contributed by atoms with Crippen molar-refractivity contribution in [3.05, 3.63) is 68.3 Å². The molecule has 0 heterocycles. The first-order valence-electron chi connectivity index (χ1n) is 9.35. The average Bonchev–Trinajstić information content (AvgIpc) is 2.73. The van der Waals surface area contributed by atoms with Gasteiger partial charge in [-0.1, -0.05) is 53.1 Å².